The maximum absolute atomic E-state index is 9.15. The first-order chi connectivity index (χ1) is 6.90. The van der Waals surface area contributed by atoms with Crippen LogP contribution in [0, 0.1) is 5.92 Å². The van der Waals surface area contributed by atoms with E-state index in [4.69, 9.17) is 5.11 Å². The summed E-state index contributed by atoms with van der Waals surface area (Å²) in [7, 11) is 0. The van der Waals surface area contributed by atoms with Crippen LogP contribution in [0.1, 0.15) is 18.4 Å². The molecule has 1 aromatic carbocycles. The zero-order valence-electron chi connectivity index (χ0n) is 8.32. The quantitative estimate of drug-likeness (QED) is 0.740. The molecule has 1 aliphatic carbocycles. The van der Waals surface area contributed by atoms with Crippen molar-refractivity contribution in [2.24, 2.45) is 5.92 Å². The van der Waals surface area contributed by atoms with Crippen LogP contribution in [0.4, 0.5) is 0 Å². The van der Waals surface area contributed by atoms with Gasteiger partial charge in [0.25, 0.3) is 0 Å². The maximum atomic E-state index is 9.15. The summed E-state index contributed by atoms with van der Waals surface area (Å²) < 4.78 is 0. The minimum absolute atomic E-state index is 0.261. The van der Waals surface area contributed by atoms with Crippen LogP contribution < -0.4 is 5.32 Å². The van der Waals surface area contributed by atoms with Crippen molar-refractivity contribution in [3.8, 4) is 0 Å². The number of aliphatic hydroxyl groups is 1. The molecule has 2 heteroatoms. The molecule has 14 heavy (non-hydrogen) atoms. The molecule has 1 aliphatic rings. The molecule has 0 heterocycles. The molecule has 2 N–H and O–H groups in total. The molecule has 1 fully saturated rings. The normalized spacial score (nSPS) is 18.1. The highest BCUT2D eigenvalue weighted by Crippen LogP contribution is 2.32. The molecule has 0 aromatic heterocycles. The van der Waals surface area contributed by atoms with Crippen molar-refractivity contribution in [1.29, 1.82) is 0 Å². The topological polar surface area (TPSA) is 32.3 Å². The molecular formula is C12H17NO. The lowest BCUT2D eigenvalue weighted by Crippen LogP contribution is -2.33. The largest absolute Gasteiger partial charge is 0.395 e. The Morgan fingerprint density at radius 1 is 1.29 bits per heavy atom. The van der Waals surface area contributed by atoms with Crippen LogP contribution >= 0.6 is 0 Å². The van der Waals surface area contributed by atoms with Gasteiger partial charge in [0.2, 0.25) is 0 Å². The summed E-state index contributed by atoms with van der Waals surface area (Å²) in [5.74, 6) is 0.712. The molecule has 76 valence electrons. The molecule has 0 saturated heterocycles. The van der Waals surface area contributed by atoms with Crippen molar-refractivity contribution < 1.29 is 5.11 Å². The zero-order valence-corrected chi connectivity index (χ0v) is 8.32. The Kier molecular flexibility index (Phi) is 3.17. The van der Waals surface area contributed by atoms with Gasteiger partial charge in [-0.3, -0.25) is 0 Å². The number of hydrogen-bond donors (Lipinski definition) is 2. The smallest absolute Gasteiger partial charge is 0.0587 e. The highest BCUT2D eigenvalue weighted by atomic mass is 16.3. The Labute approximate surface area is 85.0 Å². The summed E-state index contributed by atoms with van der Waals surface area (Å²) >= 11 is 0. The van der Waals surface area contributed by atoms with Gasteiger partial charge >= 0.3 is 0 Å². The van der Waals surface area contributed by atoms with Gasteiger partial charge in [0.05, 0.1) is 6.61 Å². The summed E-state index contributed by atoms with van der Waals surface area (Å²) in [4.78, 5) is 0. The first kappa shape index (κ1) is 9.69. The number of rotatable bonds is 5. The van der Waals surface area contributed by atoms with Crippen LogP contribution in [0.2, 0.25) is 0 Å². The molecule has 0 unspecified atom stereocenters. The Morgan fingerprint density at radius 2 is 2.00 bits per heavy atom. The van der Waals surface area contributed by atoms with Gasteiger partial charge in [-0.1, -0.05) is 30.3 Å². The van der Waals surface area contributed by atoms with Crippen LogP contribution in [0.25, 0.3) is 0 Å². The lowest BCUT2D eigenvalue weighted by atomic mass is 10.1. The molecular weight excluding hydrogens is 174 g/mol. The zero-order chi connectivity index (χ0) is 9.80. The average molecular weight is 191 g/mol. The molecule has 1 atom stereocenters. The van der Waals surface area contributed by atoms with E-state index in [1.807, 2.05) is 18.2 Å². The molecule has 2 nitrogen and oxygen atoms in total. The molecule has 0 bridgehead atoms. The van der Waals surface area contributed by atoms with Gasteiger partial charge in [0.1, 0.15) is 0 Å². The Bertz CT molecular complexity index is 269. The van der Waals surface area contributed by atoms with Crippen molar-refractivity contribution in [3.63, 3.8) is 0 Å². The fourth-order valence-corrected chi connectivity index (χ4v) is 1.72. The van der Waals surface area contributed by atoms with Crippen molar-refractivity contribution in [2.75, 3.05) is 6.61 Å². The second-order valence-electron chi connectivity index (χ2n) is 3.99. The van der Waals surface area contributed by atoms with Crippen molar-refractivity contribution >= 4 is 0 Å². The third kappa shape index (κ3) is 2.56. The molecule has 0 radical (unpaired) electrons. The molecule has 1 aromatic rings. The summed E-state index contributed by atoms with van der Waals surface area (Å²) in [6, 6.07) is 10.6. The van der Waals surface area contributed by atoms with Gasteiger partial charge in [-0.05, 0) is 24.3 Å². The Morgan fingerprint density at radius 3 is 2.57 bits per heavy atom. The number of benzene rings is 1. The third-order valence-electron chi connectivity index (χ3n) is 2.80. The summed E-state index contributed by atoms with van der Waals surface area (Å²) in [5.41, 5.74) is 1.28. The van der Waals surface area contributed by atoms with E-state index >= 15 is 0 Å². The Balaban J connectivity index is 1.81. The van der Waals surface area contributed by atoms with Gasteiger partial charge in [0, 0.05) is 12.6 Å². The van der Waals surface area contributed by atoms with Crippen LogP contribution in [0.3, 0.4) is 0 Å². The molecule has 1 saturated carbocycles. The van der Waals surface area contributed by atoms with Crippen molar-refractivity contribution in [2.45, 2.75) is 25.4 Å². The average Bonchev–Trinajstić information content (AvgIpc) is 3.05. The van der Waals surface area contributed by atoms with E-state index in [9.17, 15) is 0 Å². The van der Waals surface area contributed by atoms with E-state index in [1.165, 1.54) is 18.4 Å². The maximum Gasteiger partial charge on any atom is 0.0587 e. The van der Waals surface area contributed by atoms with Gasteiger partial charge in [-0.15, -0.1) is 0 Å². The highest BCUT2D eigenvalue weighted by molar-refractivity contribution is 5.14. The second kappa shape index (κ2) is 4.58. The fraction of sp³-hybridized carbons (Fsp3) is 0.500. The SMILES string of the molecule is OC[C@@H](NCc1ccccc1)C1CC1. The number of hydrogen-bond acceptors (Lipinski definition) is 2. The van der Waals surface area contributed by atoms with Crippen molar-refractivity contribution in [1.82, 2.24) is 5.32 Å². The Hall–Kier alpha value is -0.860. The monoisotopic (exact) mass is 191 g/mol. The van der Waals surface area contributed by atoms with Crippen LogP contribution in [0.5, 0.6) is 0 Å². The molecule has 0 spiro atoms. The van der Waals surface area contributed by atoms with E-state index in [0.29, 0.717) is 12.0 Å². The minimum Gasteiger partial charge on any atom is -0.395 e. The van der Waals surface area contributed by atoms with Crippen molar-refractivity contribution in [3.05, 3.63) is 35.9 Å². The van der Waals surface area contributed by atoms with Crippen LogP contribution in [-0.4, -0.2) is 17.8 Å². The summed E-state index contributed by atoms with van der Waals surface area (Å²) in [6.07, 6.45) is 2.54. The first-order valence-electron chi connectivity index (χ1n) is 5.28. The summed E-state index contributed by atoms with van der Waals surface area (Å²) in [5, 5.41) is 12.5. The number of aliphatic hydroxyl groups excluding tert-OH is 1. The minimum atomic E-state index is 0.261. The standard InChI is InChI=1S/C12H17NO/c14-9-12(11-6-7-11)13-8-10-4-2-1-3-5-10/h1-5,11-14H,6-9H2/t12-/m1/s1. The number of nitrogens with one attached hydrogen (secondary N) is 1. The first-order valence-corrected chi connectivity index (χ1v) is 5.28. The summed E-state index contributed by atoms with van der Waals surface area (Å²) in [6.45, 7) is 1.13. The van der Waals surface area contributed by atoms with Gasteiger partial charge < -0.3 is 10.4 Å². The van der Waals surface area contributed by atoms with E-state index in [-0.39, 0.29) is 6.61 Å². The fourth-order valence-electron chi connectivity index (χ4n) is 1.72. The van der Waals surface area contributed by atoms with E-state index in [2.05, 4.69) is 17.4 Å². The van der Waals surface area contributed by atoms with Crippen LogP contribution in [0.15, 0.2) is 30.3 Å². The van der Waals surface area contributed by atoms with Gasteiger partial charge in [0.15, 0.2) is 0 Å². The van der Waals surface area contributed by atoms with E-state index in [1.54, 1.807) is 0 Å². The van der Waals surface area contributed by atoms with Gasteiger partial charge in [-0.2, -0.15) is 0 Å². The highest BCUT2D eigenvalue weighted by Gasteiger charge is 2.29. The third-order valence-corrected chi connectivity index (χ3v) is 2.80. The molecule has 0 amide bonds. The second-order valence-corrected chi connectivity index (χ2v) is 3.99. The predicted octanol–water partition coefficient (Wildman–Crippen LogP) is 1.55. The molecule has 2 rings (SSSR count). The molecule has 0 aliphatic heterocycles. The predicted molar refractivity (Wildman–Crippen MR) is 56.9 cm³/mol. The van der Waals surface area contributed by atoms with E-state index in [0.717, 1.165) is 6.54 Å². The van der Waals surface area contributed by atoms with Gasteiger partial charge in [-0.25, -0.2) is 0 Å². The van der Waals surface area contributed by atoms with Crippen LogP contribution in [-0.2, 0) is 6.54 Å². The van der Waals surface area contributed by atoms with E-state index < -0.39 is 0 Å². The lowest BCUT2D eigenvalue weighted by molar-refractivity contribution is 0.227. The lowest BCUT2D eigenvalue weighted by Gasteiger charge is -2.15.